The molecule has 0 saturated heterocycles. The van der Waals surface area contributed by atoms with Gasteiger partial charge in [-0.1, -0.05) is 38.5 Å². The molecule has 0 radical (unpaired) electrons. The van der Waals surface area contributed by atoms with Gasteiger partial charge in [0, 0.05) is 23.6 Å². The van der Waals surface area contributed by atoms with Crippen LogP contribution in [0.4, 0.5) is 0 Å². The topological polar surface area (TPSA) is 53.4 Å². The van der Waals surface area contributed by atoms with Crippen LogP contribution in [0.5, 0.6) is 0 Å². The van der Waals surface area contributed by atoms with Crippen molar-refractivity contribution in [3.8, 4) is 0 Å². The van der Waals surface area contributed by atoms with E-state index in [9.17, 15) is 10.2 Å². The molecule has 3 nitrogen and oxygen atoms in total. The number of rotatable bonds is 1. The SMILES string of the molecule is CC1C=C2CC(O)CC[C@]2(C)[C@@H]2CC[C@]3(C)C(c4ccccn4)=C(O)C[C@H]3[C@H]12. The largest absolute Gasteiger partial charge is 0.512 e. The van der Waals surface area contributed by atoms with Gasteiger partial charge in [-0.05, 0) is 73.3 Å². The van der Waals surface area contributed by atoms with E-state index in [0.717, 1.165) is 43.4 Å². The lowest BCUT2D eigenvalue weighted by Crippen LogP contribution is -2.52. The number of nitrogens with zero attached hydrogens (tertiary/aromatic N) is 1. The highest BCUT2D eigenvalue weighted by Crippen LogP contribution is 2.68. The monoisotopic (exact) mass is 379 g/mol. The maximum absolute atomic E-state index is 11.0. The summed E-state index contributed by atoms with van der Waals surface area (Å²) in [4.78, 5) is 4.60. The second kappa shape index (κ2) is 6.19. The zero-order valence-electron chi connectivity index (χ0n) is 17.4. The number of aliphatic hydroxyl groups is 2. The molecule has 1 aromatic rings. The van der Waals surface area contributed by atoms with Crippen molar-refractivity contribution >= 4 is 5.57 Å². The average molecular weight is 380 g/mol. The maximum Gasteiger partial charge on any atom is 0.0984 e. The van der Waals surface area contributed by atoms with Gasteiger partial charge in [-0.15, -0.1) is 0 Å². The quantitative estimate of drug-likeness (QED) is 0.631. The standard InChI is InChI=1S/C25H33NO2/c1-15-12-16-13-17(27)7-9-24(16,2)18-8-10-25(3)19(22(15)18)14-21(28)23(25)20-6-4-5-11-26-20/h4-6,11-12,15,17-19,22,27-28H,7-10,13-14H2,1-3H3/t15?,17?,18-,19+,22-,24+,25+/m1/s1. The number of pyridine rings is 1. The van der Waals surface area contributed by atoms with Crippen LogP contribution in [-0.2, 0) is 0 Å². The van der Waals surface area contributed by atoms with Gasteiger partial charge in [-0.2, -0.15) is 0 Å². The number of fused-ring (bicyclic) bond motifs is 5. The first-order chi connectivity index (χ1) is 13.3. The molecule has 4 aliphatic rings. The van der Waals surface area contributed by atoms with Crippen LogP contribution in [0.15, 0.2) is 41.8 Å². The second-order valence-electron chi connectivity index (χ2n) is 10.4. The van der Waals surface area contributed by atoms with Gasteiger partial charge in [0.2, 0.25) is 0 Å². The van der Waals surface area contributed by atoms with Crippen LogP contribution < -0.4 is 0 Å². The van der Waals surface area contributed by atoms with Crippen molar-refractivity contribution in [2.75, 3.05) is 0 Å². The van der Waals surface area contributed by atoms with Crippen molar-refractivity contribution in [2.45, 2.75) is 65.4 Å². The van der Waals surface area contributed by atoms with E-state index < -0.39 is 0 Å². The molecule has 4 aliphatic carbocycles. The Morgan fingerprint density at radius 3 is 2.57 bits per heavy atom. The van der Waals surface area contributed by atoms with Crippen LogP contribution in [0.2, 0.25) is 0 Å². The van der Waals surface area contributed by atoms with Crippen LogP contribution in [0.3, 0.4) is 0 Å². The molecule has 0 aliphatic heterocycles. The van der Waals surface area contributed by atoms with Gasteiger partial charge in [-0.3, -0.25) is 4.98 Å². The predicted octanol–water partition coefficient (Wildman–Crippen LogP) is 5.53. The first kappa shape index (κ1) is 18.4. The normalized spacial score (nSPS) is 45.1. The van der Waals surface area contributed by atoms with Gasteiger partial charge >= 0.3 is 0 Å². The molecule has 2 unspecified atom stereocenters. The highest BCUT2D eigenvalue weighted by atomic mass is 16.3. The van der Waals surface area contributed by atoms with Crippen molar-refractivity contribution in [2.24, 2.45) is 34.5 Å². The molecule has 0 amide bonds. The molecule has 28 heavy (non-hydrogen) atoms. The Morgan fingerprint density at radius 1 is 1.04 bits per heavy atom. The van der Waals surface area contributed by atoms with Gasteiger partial charge < -0.3 is 10.2 Å². The average Bonchev–Trinajstić information content (AvgIpc) is 2.94. The molecule has 0 bridgehead atoms. The summed E-state index contributed by atoms with van der Waals surface area (Å²) in [6.45, 7) is 7.20. The summed E-state index contributed by atoms with van der Waals surface area (Å²) in [5.41, 5.74) is 3.78. The highest BCUT2D eigenvalue weighted by Gasteiger charge is 2.60. The summed E-state index contributed by atoms with van der Waals surface area (Å²) >= 11 is 0. The van der Waals surface area contributed by atoms with E-state index in [0.29, 0.717) is 29.4 Å². The third kappa shape index (κ3) is 2.41. The lowest BCUT2D eigenvalue weighted by Gasteiger charge is -2.59. The molecule has 5 rings (SSSR count). The van der Waals surface area contributed by atoms with Crippen LogP contribution in [0.1, 0.15) is 65.0 Å². The van der Waals surface area contributed by atoms with Crippen LogP contribution in [-0.4, -0.2) is 21.3 Å². The predicted molar refractivity (Wildman–Crippen MR) is 111 cm³/mol. The number of hydrogen-bond acceptors (Lipinski definition) is 3. The molecule has 150 valence electrons. The Balaban J connectivity index is 1.55. The van der Waals surface area contributed by atoms with E-state index in [4.69, 9.17) is 0 Å². The molecule has 0 aromatic carbocycles. The zero-order chi connectivity index (χ0) is 19.7. The van der Waals surface area contributed by atoms with Gasteiger partial charge in [0.25, 0.3) is 0 Å². The fraction of sp³-hybridized carbons (Fsp3) is 0.640. The minimum atomic E-state index is -0.162. The van der Waals surface area contributed by atoms with E-state index in [1.165, 1.54) is 12.0 Å². The molecule has 0 spiro atoms. The summed E-state index contributed by atoms with van der Waals surface area (Å²) in [5.74, 6) is 2.78. The Labute approximate surface area is 168 Å². The molecule has 1 heterocycles. The van der Waals surface area contributed by atoms with Crippen LogP contribution >= 0.6 is 0 Å². The van der Waals surface area contributed by atoms with Crippen molar-refractivity contribution in [3.63, 3.8) is 0 Å². The molecule has 2 fully saturated rings. The van der Waals surface area contributed by atoms with Gasteiger partial charge in [0.1, 0.15) is 0 Å². The Morgan fingerprint density at radius 2 is 1.82 bits per heavy atom. The van der Waals surface area contributed by atoms with Crippen molar-refractivity contribution < 1.29 is 10.2 Å². The summed E-state index contributed by atoms with van der Waals surface area (Å²) in [7, 11) is 0. The number of aliphatic hydroxyl groups excluding tert-OH is 2. The Kier molecular flexibility index (Phi) is 4.07. The van der Waals surface area contributed by atoms with Gasteiger partial charge in [0.05, 0.1) is 17.6 Å². The molecular weight excluding hydrogens is 346 g/mol. The first-order valence-corrected chi connectivity index (χ1v) is 11.1. The first-order valence-electron chi connectivity index (χ1n) is 11.1. The minimum Gasteiger partial charge on any atom is -0.512 e. The van der Waals surface area contributed by atoms with E-state index in [-0.39, 0.29) is 16.9 Å². The fourth-order valence-corrected chi connectivity index (χ4v) is 7.60. The third-order valence-corrected chi connectivity index (χ3v) is 8.99. The maximum atomic E-state index is 11.0. The third-order valence-electron chi connectivity index (χ3n) is 8.99. The van der Waals surface area contributed by atoms with Crippen molar-refractivity contribution in [3.05, 3.63) is 47.5 Å². The van der Waals surface area contributed by atoms with Crippen LogP contribution in [0.25, 0.3) is 5.57 Å². The van der Waals surface area contributed by atoms with E-state index in [1.54, 1.807) is 0 Å². The number of aromatic nitrogens is 1. The van der Waals surface area contributed by atoms with Gasteiger partial charge in [0.15, 0.2) is 0 Å². The smallest absolute Gasteiger partial charge is 0.0984 e. The number of hydrogen-bond donors (Lipinski definition) is 2. The second-order valence-corrected chi connectivity index (χ2v) is 10.4. The van der Waals surface area contributed by atoms with E-state index in [1.807, 2.05) is 18.3 Å². The van der Waals surface area contributed by atoms with Crippen molar-refractivity contribution in [1.82, 2.24) is 4.98 Å². The van der Waals surface area contributed by atoms with E-state index >= 15 is 0 Å². The lowest BCUT2D eigenvalue weighted by atomic mass is 9.45. The molecule has 3 heteroatoms. The summed E-state index contributed by atoms with van der Waals surface area (Å²) in [5, 5.41) is 21.3. The molecule has 1 aromatic heterocycles. The van der Waals surface area contributed by atoms with Crippen LogP contribution in [0, 0.1) is 34.5 Å². The minimum absolute atomic E-state index is 0.00372. The highest BCUT2D eigenvalue weighted by molar-refractivity contribution is 5.72. The summed E-state index contributed by atoms with van der Waals surface area (Å²) in [6.07, 6.45) is 10.2. The number of allylic oxidation sites excluding steroid dienone is 3. The van der Waals surface area contributed by atoms with Crippen molar-refractivity contribution in [1.29, 1.82) is 0 Å². The molecule has 2 saturated carbocycles. The fourth-order valence-electron chi connectivity index (χ4n) is 7.60. The molecule has 2 N–H and O–H groups in total. The zero-order valence-corrected chi connectivity index (χ0v) is 17.4. The lowest BCUT2D eigenvalue weighted by molar-refractivity contribution is -0.0438. The Hall–Kier alpha value is -1.61. The van der Waals surface area contributed by atoms with Gasteiger partial charge in [-0.25, -0.2) is 0 Å². The van der Waals surface area contributed by atoms with E-state index in [2.05, 4.69) is 37.9 Å². The summed E-state index contributed by atoms with van der Waals surface area (Å²) < 4.78 is 0. The molecular formula is C25H33NO2. The Bertz CT molecular complexity index is 843. The summed E-state index contributed by atoms with van der Waals surface area (Å²) in [6, 6.07) is 6.02. The molecule has 7 atom stereocenters.